The van der Waals surface area contributed by atoms with Crippen LogP contribution in [-0.2, 0) is 19.2 Å². The Balaban J connectivity index is -0.000000320. The fraction of sp³-hybridized carbons (Fsp3) is 0.778. The van der Waals surface area contributed by atoms with Gasteiger partial charge in [-0.25, -0.2) is 0 Å². The monoisotopic (exact) mass is 528 g/mol. The molecular formula is C18H32O6S2Sn. The van der Waals surface area contributed by atoms with Crippen LogP contribution in [0.15, 0.2) is 0 Å². The minimum atomic E-state index is -1.59. The Labute approximate surface area is 182 Å². The van der Waals surface area contributed by atoms with Gasteiger partial charge < -0.3 is 19.8 Å². The number of carboxylic acid groups (broad SMARTS) is 2. The van der Waals surface area contributed by atoms with Crippen LogP contribution < -0.4 is 10.2 Å². The zero-order chi connectivity index (χ0) is 21.5. The van der Waals surface area contributed by atoms with Crippen molar-refractivity contribution in [2.24, 2.45) is 0 Å². The van der Waals surface area contributed by atoms with Crippen LogP contribution in [-0.4, -0.2) is 67.7 Å². The standard InChI is InChI=1S/2C5H8O3S.2C4H9.Sn/c2*1-2-9-3-4(6)5(7)8;2*1-3-4-2;/h2*2-3H2,1H3,(H,7,8);2*1,3-4H2,2H3;/q;;;;+2/p-2. The van der Waals surface area contributed by atoms with Gasteiger partial charge in [-0.05, 0) is 11.5 Å². The molecule has 0 aliphatic heterocycles. The van der Waals surface area contributed by atoms with Crippen molar-refractivity contribution in [3.63, 3.8) is 0 Å². The Morgan fingerprint density at radius 1 is 0.704 bits per heavy atom. The van der Waals surface area contributed by atoms with Crippen LogP contribution in [0.1, 0.15) is 53.4 Å². The number of carbonyl (C=O) groups excluding carboxylic acids is 4. The number of thioether (sulfide) groups is 2. The first-order valence-corrected chi connectivity index (χ1v) is 15.5. The number of Topliss-reactive ketones (excluding diaryl/α,β-unsaturated/α-hetero) is 2. The van der Waals surface area contributed by atoms with Gasteiger partial charge in [0.05, 0.1) is 11.5 Å². The molecule has 9 heteroatoms. The van der Waals surface area contributed by atoms with Crippen LogP contribution in [0.2, 0.25) is 8.87 Å². The normalized spacial score (nSPS) is 9.04. The van der Waals surface area contributed by atoms with Gasteiger partial charge in [-0.2, -0.15) is 23.5 Å². The van der Waals surface area contributed by atoms with E-state index in [0.717, 1.165) is 11.5 Å². The van der Waals surface area contributed by atoms with Gasteiger partial charge in [0.1, 0.15) is 11.9 Å². The molecule has 0 aromatic rings. The number of aliphatic carboxylic acids is 2. The van der Waals surface area contributed by atoms with Crippen LogP contribution in [0.4, 0.5) is 0 Å². The number of hydrogen-bond donors (Lipinski definition) is 0. The number of carbonyl (C=O) groups is 4. The van der Waals surface area contributed by atoms with E-state index in [1.807, 2.05) is 13.8 Å². The van der Waals surface area contributed by atoms with Crippen LogP contribution in [0.3, 0.4) is 0 Å². The topological polar surface area (TPSA) is 114 Å². The third-order valence-electron chi connectivity index (χ3n) is 2.74. The molecule has 0 unspecified atom stereocenters. The van der Waals surface area contributed by atoms with Gasteiger partial charge >= 0.3 is 69.5 Å². The van der Waals surface area contributed by atoms with Gasteiger partial charge in [-0.3, -0.25) is 9.59 Å². The van der Waals surface area contributed by atoms with Crippen LogP contribution in [0, 0.1) is 0 Å². The third kappa shape index (κ3) is 30.7. The zero-order valence-corrected chi connectivity index (χ0v) is 21.3. The first-order valence-electron chi connectivity index (χ1n) is 9.12. The van der Waals surface area contributed by atoms with E-state index in [2.05, 4.69) is 13.8 Å². The molecule has 0 N–H and O–H groups in total. The van der Waals surface area contributed by atoms with Gasteiger partial charge in [-0.15, -0.1) is 0 Å². The molecule has 0 fully saturated rings. The molecule has 0 aliphatic carbocycles. The second-order valence-electron chi connectivity index (χ2n) is 5.15. The van der Waals surface area contributed by atoms with Crippen molar-refractivity contribution in [3.8, 4) is 0 Å². The van der Waals surface area contributed by atoms with Gasteiger partial charge in [0.25, 0.3) is 0 Å². The Bertz CT molecular complexity index is 369. The molecular weight excluding hydrogens is 495 g/mol. The Kier molecular flexibility index (Phi) is 30.0. The second kappa shape index (κ2) is 25.8. The first kappa shape index (κ1) is 31.5. The molecule has 27 heavy (non-hydrogen) atoms. The van der Waals surface area contributed by atoms with Gasteiger partial charge in [-0.1, -0.05) is 13.8 Å². The van der Waals surface area contributed by atoms with Gasteiger partial charge in [0, 0.05) is 0 Å². The summed E-state index contributed by atoms with van der Waals surface area (Å²) < 4.78 is 3.25. The average molecular weight is 527 g/mol. The van der Waals surface area contributed by atoms with Crippen molar-refractivity contribution >= 4 is 68.2 Å². The maximum absolute atomic E-state index is 10.2. The van der Waals surface area contributed by atoms with E-state index in [1.165, 1.54) is 49.2 Å². The summed E-state index contributed by atoms with van der Waals surface area (Å²) in [5.74, 6) is -3.29. The zero-order valence-electron chi connectivity index (χ0n) is 16.8. The quantitative estimate of drug-likeness (QED) is 0.189. The second-order valence-corrected chi connectivity index (χ2v) is 12.0. The van der Waals surface area contributed by atoms with E-state index < -0.39 is 23.5 Å². The van der Waals surface area contributed by atoms with Crippen molar-refractivity contribution < 1.29 is 29.4 Å². The van der Waals surface area contributed by atoms with E-state index in [-0.39, 0.29) is 32.6 Å². The molecule has 0 bridgehead atoms. The fourth-order valence-electron chi connectivity index (χ4n) is 1.24. The van der Waals surface area contributed by atoms with Gasteiger partial charge in [0.15, 0.2) is 11.6 Å². The molecule has 0 rings (SSSR count). The van der Waals surface area contributed by atoms with Crippen LogP contribution >= 0.6 is 23.5 Å². The Hall–Kier alpha value is -0.221. The number of hydrogen-bond acceptors (Lipinski definition) is 8. The molecule has 0 saturated heterocycles. The predicted molar refractivity (Wildman–Crippen MR) is 111 cm³/mol. The summed E-state index contributed by atoms with van der Waals surface area (Å²) in [6.45, 7) is 8.29. The molecule has 0 aromatic carbocycles. The summed E-state index contributed by atoms with van der Waals surface area (Å²) in [6.07, 6.45) is 5.84. The minimum absolute atomic E-state index is 0.0266. The van der Waals surface area contributed by atoms with E-state index in [9.17, 15) is 29.4 Å². The molecule has 0 heterocycles. The van der Waals surface area contributed by atoms with E-state index >= 15 is 0 Å². The summed E-state index contributed by atoms with van der Waals surface area (Å²) in [6, 6.07) is 0. The molecule has 0 atom stereocenters. The van der Waals surface area contributed by atoms with E-state index in [4.69, 9.17) is 0 Å². The molecule has 0 aromatic heterocycles. The molecule has 0 spiro atoms. The maximum Gasteiger partial charge on any atom is 0.188 e. The van der Waals surface area contributed by atoms with Gasteiger partial charge in [0.2, 0.25) is 0 Å². The minimum Gasteiger partial charge on any atom is -0.542 e. The van der Waals surface area contributed by atoms with Crippen molar-refractivity contribution in [2.75, 3.05) is 23.0 Å². The Morgan fingerprint density at radius 2 is 1.04 bits per heavy atom. The maximum atomic E-state index is 10.2. The van der Waals surface area contributed by atoms with Crippen LogP contribution in [0.5, 0.6) is 0 Å². The van der Waals surface area contributed by atoms with Crippen molar-refractivity contribution in [3.05, 3.63) is 0 Å². The summed E-state index contributed by atoms with van der Waals surface area (Å²) in [5, 5.41) is 19.5. The summed E-state index contributed by atoms with van der Waals surface area (Å²) in [7, 11) is 0. The number of unbranched alkanes of at least 4 members (excludes halogenated alkanes) is 2. The van der Waals surface area contributed by atoms with Crippen molar-refractivity contribution in [2.45, 2.75) is 62.3 Å². The van der Waals surface area contributed by atoms with Crippen molar-refractivity contribution in [1.29, 1.82) is 0 Å². The Morgan fingerprint density at radius 3 is 1.26 bits per heavy atom. The molecule has 6 nitrogen and oxygen atoms in total. The van der Waals surface area contributed by atoms with Crippen molar-refractivity contribution in [1.82, 2.24) is 0 Å². The number of rotatable bonds is 14. The summed E-state index contributed by atoms with van der Waals surface area (Å²) >= 11 is 2.70. The first-order chi connectivity index (χ1) is 12.8. The molecule has 0 aliphatic rings. The predicted octanol–water partition coefficient (Wildman–Crippen LogP) is 1.24. The number of carboxylic acids is 2. The molecule has 156 valence electrons. The number of ketones is 2. The SMILES string of the molecule is CCC[CH2][Sn+2][CH2]CCC.CCSCC(=O)C(=O)[O-].CCSCC(=O)C(=O)[O-]. The average Bonchev–Trinajstić information content (AvgIpc) is 2.64. The smallest absolute Gasteiger partial charge is 0.188 e. The fourth-order valence-corrected chi connectivity index (χ4v) is 6.41. The molecule has 0 saturated carbocycles. The molecule has 0 amide bonds. The molecule has 0 radical (unpaired) electrons. The van der Waals surface area contributed by atoms with E-state index in [0.29, 0.717) is 0 Å². The third-order valence-corrected chi connectivity index (χ3v) is 8.53. The summed E-state index contributed by atoms with van der Waals surface area (Å²) in [5.41, 5.74) is 0. The van der Waals surface area contributed by atoms with Crippen LogP contribution in [0.25, 0.3) is 0 Å². The largest absolute Gasteiger partial charge is 0.542 e. The summed E-state index contributed by atoms with van der Waals surface area (Å²) in [4.78, 5) is 39.9. The van der Waals surface area contributed by atoms with E-state index in [1.54, 1.807) is 8.87 Å².